The Bertz CT molecular complexity index is 1050. The summed E-state index contributed by atoms with van der Waals surface area (Å²) in [6.45, 7) is 4.06. The topological polar surface area (TPSA) is 71.2 Å². The molecule has 7 heteroatoms. The number of carbonyl (C=O) groups excluding carboxylic acids is 1. The normalized spacial score (nSPS) is 20.1. The van der Waals surface area contributed by atoms with Crippen molar-refractivity contribution in [1.29, 1.82) is 0 Å². The van der Waals surface area contributed by atoms with Gasteiger partial charge in [0.25, 0.3) is 0 Å². The number of thiazole rings is 1. The molecular weight excluding hydrogens is 396 g/mol. The number of piperidine rings is 1. The average molecular weight is 423 g/mol. The number of carbonyl (C=O) groups is 1. The molecule has 2 aliphatic rings. The number of aliphatic hydroxyl groups excluding tert-OH is 1. The largest absolute Gasteiger partial charge is 0.393 e. The van der Waals surface area contributed by atoms with E-state index in [4.69, 9.17) is 0 Å². The Hall–Kier alpha value is -2.35. The van der Waals surface area contributed by atoms with Gasteiger partial charge in [-0.05, 0) is 50.8 Å². The van der Waals surface area contributed by atoms with Crippen molar-refractivity contribution in [2.45, 2.75) is 38.3 Å². The van der Waals surface area contributed by atoms with Gasteiger partial charge in [0, 0.05) is 11.8 Å². The van der Waals surface area contributed by atoms with Gasteiger partial charge in [-0.2, -0.15) is 0 Å². The third-order valence-electron chi connectivity index (χ3n) is 6.50. The van der Waals surface area contributed by atoms with E-state index in [1.807, 2.05) is 19.4 Å². The lowest BCUT2D eigenvalue weighted by Gasteiger charge is -2.34. The quantitative estimate of drug-likeness (QED) is 0.615. The number of benzene rings is 1. The van der Waals surface area contributed by atoms with Gasteiger partial charge in [0.1, 0.15) is 0 Å². The smallest absolute Gasteiger partial charge is 0.188 e. The zero-order chi connectivity index (χ0) is 20.7. The second kappa shape index (κ2) is 8.06. The van der Waals surface area contributed by atoms with E-state index >= 15 is 0 Å². The number of Topliss-reactive ketones (excluding diaryl/α,β-unsaturated/α-hetero) is 1. The standard InChI is InChI=1S/C23H26N4O2S/c1-15-25-12-23(30-15)22(29)13-26-8-6-16(7-9-26)21(28)10-19-17-4-2-3-5-18(17)20-11-24-14-27(19)20/h2-5,11-12,14,16,19,21,28H,6-10,13H2,1H3. The molecule has 2 aliphatic heterocycles. The predicted molar refractivity (Wildman–Crippen MR) is 117 cm³/mol. The fraction of sp³-hybridized carbons (Fsp3) is 0.435. The van der Waals surface area contributed by atoms with Crippen molar-refractivity contribution in [3.05, 3.63) is 58.4 Å². The SMILES string of the molecule is Cc1ncc(C(=O)CN2CCC(C(O)CC3c4ccccc4-c4cncn43)CC2)s1. The van der Waals surface area contributed by atoms with Crippen molar-refractivity contribution < 1.29 is 9.90 Å². The molecule has 0 aliphatic carbocycles. The van der Waals surface area contributed by atoms with Crippen molar-refractivity contribution in [3.63, 3.8) is 0 Å². The maximum Gasteiger partial charge on any atom is 0.188 e. The average Bonchev–Trinajstić information content (AvgIpc) is 3.46. The van der Waals surface area contributed by atoms with Gasteiger partial charge in [-0.1, -0.05) is 24.3 Å². The summed E-state index contributed by atoms with van der Waals surface area (Å²) in [7, 11) is 0. The lowest BCUT2D eigenvalue weighted by atomic mass is 9.86. The Balaban J connectivity index is 1.19. The van der Waals surface area contributed by atoms with E-state index in [1.165, 1.54) is 22.5 Å². The number of aryl methyl sites for hydroxylation is 1. The van der Waals surface area contributed by atoms with E-state index in [9.17, 15) is 9.90 Å². The molecule has 0 radical (unpaired) electrons. The van der Waals surface area contributed by atoms with E-state index in [0.717, 1.165) is 41.5 Å². The van der Waals surface area contributed by atoms with Crippen LogP contribution in [0.5, 0.6) is 0 Å². The van der Waals surface area contributed by atoms with Crippen LogP contribution in [0.1, 0.15) is 45.5 Å². The van der Waals surface area contributed by atoms with Crippen LogP contribution in [0.25, 0.3) is 11.3 Å². The number of hydrogen-bond acceptors (Lipinski definition) is 6. The van der Waals surface area contributed by atoms with Crippen LogP contribution in [-0.4, -0.2) is 56.1 Å². The zero-order valence-corrected chi connectivity index (χ0v) is 17.9. The third-order valence-corrected chi connectivity index (χ3v) is 7.46. The van der Waals surface area contributed by atoms with Crippen LogP contribution < -0.4 is 0 Å². The molecule has 0 spiro atoms. The molecule has 2 atom stereocenters. The molecule has 1 fully saturated rings. The molecule has 3 aromatic rings. The Morgan fingerprint density at radius 2 is 2.07 bits per heavy atom. The van der Waals surface area contributed by atoms with Crippen LogP contribution in [0.3, 0.4) is 0 Å². The second-order valence-electron chi connectivity index (χ2n) is 8.37. The highest BCUT2D eigenvalue weighted by molar-refractivity contribution is 7.13. The van der Waals surface area contributed by atoms with Crippen LogP contribution in [0.4, 0.5) is 0 Å². The van der Waals surface area contributed by atoms with E-state index < -0.39 is 0 Å². The zero-order valence-electron chi connectivity index (χ0n) is 17.1. The maximum atomic E-state index is 12.5. The number of imidazole rings is 1. The fourth-order valence-electron chi connectivity index (χ4n) is 4.86. The maximum absolute atomic E-state index is 12.5. The summed E-state index contributed by atoms with van der Waals surface area (Å²) in [5.74, 6) is 0.413. The minimum atomic E-state index is -0.363. The summed E-state index contributed by atoms with van der Waals surface area (Å²) < 4.78 is 2.19. The summed E-state index contributed by atoms with van der Waals surface area (Å²) in [4.78, 5) is 23.9. The van der Waals surface area contributed by atoms with Gasteiger partial charge < -0.3 is 9.67 Å². The molecule has 30 heavy (non-hydrogen) atoms. The molecule has 0 amide bonds. The first kappa shape index (κ1) is 19.6. The highest BCUT2D eigenvalue weighted by atomic mass is 32.1. The molecule has 2 aromatic heterocycles. The van der Waals surface area contributed by atoms with E-state index in [0.29, 0.717) is 13.0 Å². The van der Waals surface area contributed by atoms with Gasteiger partial charge >= 0.3 is 0 Å². The van der Waals surface area contributed by atoms with Crippen LogP contribution in [0, 0.1) is 12.8 Å². The molecule has 0 saturated carbocycles. The first-order valence-corrected chi connectivity index (χ1v) is 11.4. The van der Waals surface area contributed by atoms with E-state index in [-0.39, 0.29) is 23.8 Å². The molecule has 5 rings (SSSR count). The second-order valence-corrected chi connectivity index (χ2v) is 9.61. The van der Waals surface area contributed by atoms with Crippen molar-refractivity contribution >= 4 is 17.1 Å². The van der Waals surface area contributed by atoms with Gasteiger partial charge in [-0.25, -0.2) is 9.97 Å². The molecule has 4 heterocycles. The number of fused-ring (bicyclic) bond motifs is 3. The summed E-state index contributed by atoms with van der Waals surface area (Å²) >= 11 is 1.46. The Morgan fingerprint density at radius 3 is 2.83 bits per heavy atom. The molecule has 156 valence electrons. The molecule has 2 unspecified atom stereocenters. The highest BCUT2D eigenvalue weighted by Crippen LogP contribution is 2.42. The highest BCUT2D eigenvalue weighted by Gasteiger charge is 2.33. The van der Waals surface area contributed by atoms with Crippen molar-refractivity contribution in [1.82, 2.24) is 19.4 Å². The summed E-state index contributed by atoms with van der Waals surface area (Å²) in [6.07, 6.45) is 7.64. The Labute approximate surface area is 180 Å². The van der Waals surface area contributed by atoms with Crippen molar-refractivity contribution in [3.8, 4) is 11.3 Å². The Kier molecular flexibility index (Phi) is 5.26. The molecule has 6 nitrogen and oxygen atoms in total. The molecule has 1 saturated heterocycles. The van der Waals surface area contributed by atoms with Gasteiger partial charge in [0.2, 0.25) is 0 Å². The van der Waals surface area contributed by atoms with Crippen LogP contribution in [0.15, 0.2) is 43.0 Å². The first-order valence-electron chi connectivity index (χ1n) is 10.6. The minimum Gasteiger partial charge on any atom is -0.393 e. The molecule has 1 N–H and O–H groups in total. The fourth-order valence-corrected chi connectivity index (χ4v) is 5.57. The summed E-state index contributed by atoms with van der Waals surface area (Å²) in [5, 5.41) is 12.0. The lowest BCUT2D eigenvalue weighted by molar-refractivity contribution is 0.0462. The van der Waals surface area contributed by atoms with Gasteiger partial charge in [-0.15, -0.1) is 11.3 Å². The molecule has 0 bridgehead atoms. The summed E-state index contributed by atoms with van der Waals surface area (Å²) in [5.41, 5.74) is 3.63. The number of likely N-dealkylation sites (tertiary alicyclic amines) is 1. The number of aromatic nitrogens is 3. The number of rotatable bonds is 6. The lowest BCUT2D eigenvalue weighted by Crippen LogP contribution is -2.40. The number of hydrogen-bond donors (Lipinski definition) is 1. The van der Waals surface area contributed by atoms with Gasteiger partial charge in [-0.3, -0.25) is 9.69 Å². The van der Waals surface area contributed by atoms with Crippen LogP contribution in [-0.2, 0) is 0 Å². The summed E-state index contributed by atoms with van der Waals surface area (Å²) in [6, 6.07) is 8.56. The number of aliphatic hydroxyl groups is 1. The monoisotopic (exact) mass is 422 g/mol. The predicted octanol–water partition coefficient (Wildman–Crippen LogP) is 3.56. The molecular formula is C23H26N4O2S. The van der Waals surface area contributed by atoms with E-state index in [1.54, 1.807) is 6.20 Å². The number of nitrogens with zero attached hydrogens (tertiary/aromatic N) is 4. The first-order chi connectivity index (χ1) is 14.6. The van der Waals surface area contributed by atoms with Gasteiger partial charge in [0.15, 0.2) is 5.78 Å². The van der Waals surface area contributed by atoms with E-state index in [2.05, 4.69) is 43.7 Å². The number of ketones is 1. The van der Waals surface area contributed by atoms with Gasteiger partial charge in [0.05, 0.1) is 46.8 Å². The van der Waals surface area contributed by atoms with Crippen LogP contribution >= 0.6 is 11.3 Å². The third kappa shape index (κ3) is 3.62. The minimum absolute atomic E-state index is 0.142. The van der Waals surface area contributed by atoms with Crippen molar-refractivity contribution in [2.24, 2.45) is 5.92 Å². The van der Waals surface area contributed by atoms with Crippen LogP contribution in [0.2, 0.25) is 0 Å². The molecule has 1 aromatic carbocycles. The van der Waals surface area contributed by atoms with Crippen molar-refractivity contribution in [2.75, 3.05) is 19.6 Å². The Morgan fingerprint density at radius 1 is 1.27 bits per heavy atom.